The van der Waals surface area contributed by atoms with E-state index in [2.05, 4.69) is 5.32 Å². The van der Waals surface area contributed by atoms with E-state index < -0.39 is 0 Å². The van der Waals surface area contributed by atoms with Crippen molar-refractivity contribution in [2.45, 2.75) is 5.38 Å². The molecule has 5 heteroatoms. The summed E-state index contributed by atoms with van der Waals surface area (Å²) in [6.45, 7) is 0.338. The molecule has 0 aliphatic carbocycles. The number of benzene rings is 2. The summed E-state index contributed by atoms with van der Waals surface area (Å²) in [6, 6.07) is 14.3. The Morgan fingerprint density at radius 2 is 1.75 bits per heavy atom. The van der Waals surface area contributed by atoms with Crippen LogP contribution in [0.5, 0.6) is 0 Å². The molecule has 0 saturated carbocycles. The van der Waals surface area contributed by atoms with E-state index in [9.17, 15) is 4.79 Å². The minimum atomic E-state index is -0.275. The number of carbonyl (C=O) groups excluding carboxylic acids is 1. The van der Waals surface area contributed by atoms with Crippen LogP contribution >= 0.6 is 34.8 Å². The fourth-order valence-electron chi connectivity index (χ4n) is 1.70. The molecule has 1 N–H and O–H groups in total. The van der Waals surface area contributed by atoms with Gasteiger partial charge in [-0.05, 0) is 23.8 Å². The molecule has 2 aromatic carbocycles. The van der Waals surface area contributed by atoms with Gasteiger partial charge in [0.05, 0.1) is 15.4 Å². The van der Waals surface area contributed by atoms with E-state index in [1.807, 2.05) is 30.3 Å². The van der Waals surface area contributed by atoms with Crippen LogP contribution in [0.3, 0.4) is 0 Å². The Morgan fingerprint density at radius 1 is 1.05 bits per heavy atom. The van der Waals surface area contributed by atoms with Crippen molar-refractivity contribution in [2.24, 2.45) is 0 Å². The molecule has 1 atom stereocenters. The third kappa shape index (κ3) is 3.89. The van der Waals surface area contributed by atoms with E-state index in [0.717, 1.165) is 5.56 Å². The minimum absolute atomic E-state index is 0.231. The van der Waals surface area contributed by atoms with Crippen molar-refractivity contribution in [3.63, 3.8) is 0 Å². The maximum atomic E-state index is 12.0. The van der Waals surface area contributed by atoms with Gasteiger partial charge in [0.2, 0.25) is 0 Å². The van der Waals surface area contributed by atoms with Gasteiger partial charge in [-0.25, -0.2) is 0 Å². The predicted molar refractivity (Wildman–Crippen MR) is 83.8 cm³/mol. The summed E-state index contributed by atoms with van der Waals surface area (Å²) >= 11 is 17.9. The van der Waals surface area contributed by atoms with Crippen molar-refractivity contribution in [2.75, 3.05) is 6.54 Å². The van der Waals surface area contributed by atoms with Gasteiger partial charge in [-0.15, -0.1) is 11.6 Å². The van der Waals surface area contributed by atoms with Gasteiger partial charge in [-0.3, -0.25) is 4.79 Å². The molecule has 0 aromatic heterocycles. The molecule has 2 aromatic rings. The monoisotopic (exact) mass is 327 g/mol. The lowest BCUT2D eigenvalue weighted by Gasteiger charge is -2.11. The lowest BCUT2D eigenvalue weighted by Crippen LogP contribution is -2.26. The smallest absolute Gasteiger partial charge is 0.251 e. The molecule has 20 heavy (non-hydrogen) atoms. The van der Waals surface area contributed by atoms with Crippen LogP contribution in [0.25, 0.3) is 0 Å². The molecule has 0 spiro atoms. The van der Waals surface area contributed by atoms with Crippen molar-refractivity contribution >= 4 is 40.7 Å². The molecule has 0 aliphatic heterocycles. The maximum absolute atomic E-state index is 12.0. The van der Waals surface area contributed by atoms with Crippen LogP contribution in [0.2, 0.25) is 10.0 Å². The molecule has 104 valence electrons. The summed E-state index contributed by atoms with van der Waals surface area (Å²) in [5.74, 6) is -0.231. The van der Waals surface area contributed by atoms with Crippen molar-refractivity contribution in [1.82, 2.24) is 5.32 Å². The molecule has 0 radical (unpaired) electrons. The van der Waals surface area contributed by atoms with Gasteiger partial charge >= 0.3 is 0 Å². The highest BCUT2D eigenvalue weighted by molar-refractivity contribution is 6.42. The van der Waals surface area contributed by atoms with Gasteiger partial charge in [0.25, 0.3) is 5.91 Å². The van der Waals surface area contributed by atoms with E-state index in [-0.39, 0.29) is 11.3 Å². The molecule has 2 nitrogen and oxygen atoms in total. The van der Waals surface area contributed by atoms with Crippen LogP contribution in [0.1, 0.15) is 21.3 Å². The van der Waals surface area contributed by atoms with Crippen molar-refractivity contribution in [3.8, 4) is 0 Å². The van der Waals surface area contributed by atoms with Gasteiger partial charge in [0.1, 0.15) is 0 Å². The number of halogens is 3. The van der Waals surface area contributed by atoms with Crippen LogP contribution in [0, 0.1) is 0 Å². The number of amides is 1. The lowest BCUT2D eigenvalue weighted by molar-refractivity contribution is 0.0953. The van der Waals surface area contributed by atoms with Gasteiger partial charge in [0.15, 0.2) is 0 Å². The Labute approximate surface area is 132 Å². The first-order chi connectivity index (χ1) is 9.58. The van der Waals surface area contributed by atoms with Crippen LogP contribution in [-0.2, 0) is 0 Å². The average Bonchev–Trinajstić information content (AvgIpc) is 2.48. The summed E-state index contributed by atoms with van der Waals surface area (Å²) in [5, 5.41) is 3.27. The fraction of sp³-hybridized carbons (Fsp3) is 0.133. The SMILES string of the molecule is O=C(NCC(Cl)c1ccccc1)c1ccc(Cl)c(Cl)c1. The van der Waals surface area contributed by atoms with Crippen molar-refractivity contribution in [3.05, 3.63) is 69.7 Å². The molecular formula is C15H12Cl3NO. The second-order valence-electron chi connectivity index (χ2n) is 4.22. The first kappa shape index (κ1) is 15.2. The quantitative estimate of drug-likeness (QED) is 0.810. The Balaban J connectivity index is 1.97. The standard InChI is InChI=1S/C15H12Cl3NO/c16-12-7-6-11(8-13(12)17)15(20)19-9-14(18)10-4-2-1-3-5-10/h1-8,14H,9H2,(H,19,20). The van der Waals surface area contributed by atoms with Crippen molar-refractivity contribution in [1.29, 1.82) is 0 Å². The molecule has 0 heterocycles. The molecule has 1 unspecified atom stereocenters. The first-order valence-electron chi connectivity index (χ1n) is 6.00. The fourth-order valence-corrected chi connectivity index (χ4v) is 2.22. The summed E-state index contributed by atoms with van der Waals surface area (Å²) < 4.78 is 0. The molecule has 0 fully saturated rings. The molecule has 1 amide bonds. The zero-order valence-electron chi connectivity index (χ0n) is 10.4. The summed E-state index contributed by atoms with van der Waals surface area (Å²) in [6.07, 6.45) is 0. The lowest BCUT2D eigenvalue weighted by atomic mass is 10.1. The second kappa shape index (κ2) is 6.98. The van der Waals surface area contributed by atoms with E-state index >= 15 is 0 Å². The van der Waals surface area contributed by atoms with Gasteiger partial charge in [-0.2, -0.15) is 0 Å². The van der Waals surface area contributed by atoms with Crippen LogP contribution < -0.4 is 5.32 Å². The predicted octanol–water partition coefficient (Wildman–Crippen LogP) is 4.70. The molecule has 0 bridgehead atoms. The van der Waals surface area contributed by atoms with E-state index in [1.165, 1.54) is 6.07 Å². The normalized spacial score (nSPS) is 11.9. The molecule has 0 saturated heterocycles. The Morgan fingerprint density at radius 3 is 2.40 bits per heavy atom. The second-order valence-corrected chi connectivity index (χ2v) is 5.56. The average molecular weight is 329 g/mol. The van der Waals surface area contributed by atoms with Gasteiger partial charge in [-0.1, -0.05) is 53.5 Å². The number of nitrogens with one attached hydrogen (secondary N) is 1. The van der Waals surface area contributed by atoms with Crippen LogP contribution in [0.15, 0.2) is 48.5 Å². The third-order valence-corrected chi connectivity index (χ3v) is 3.93. The zero-order chi connectivity index (χ0) is 14.5. The third-order valence-electron chi connectivity index (χ3n) is 2.78. The molecule has 0 aliphatic rings. The van der Waals surface area contributed by atoms with Crippen molar-refractivity contribution < 1.29 is 4.79 Å². The maximum Gasteiger partial charge on any atom is 0.251 e. The van der Waals surface area contributed by atoms with Crippen LogP contribution in [-0.4, -0.2) is 12.5 Å². The largest absolute Gasteiger partial charge is 0.350 e. The number of alkyl halides is 1. The zero-order valence-corrected chi connectivity index (χ0v) is 12.7. The first-order valence-corrected chi connectivity index (χ1v) is 7.19. The molecule has 2 rings (SSSR count). The van der Waals surface area contributed by atoms with E-state index in [1.54, 1.807) is 12.1 Å². The highest BCUT2D eigenvalue weighted by Crippen LogP contribution is 2.23. The summed E-state index contributed by atoms with van der Waals surface area (Å²) in [4.78, 5) is 12.0. The van der Waals surface area contributed by atoms with E-state index in [4.69, 9.17) is 34.8 Å². The number of carbonyl (C=O) groups is 1. The highest BCUT2D eigenvalue weighted by atomic mass is 35.5. The number of hydrogen-bond donors (Lipinski definition) is 1. The Hall–Kier alpha value is -1.22. The summed E-state index contributed by atoms with van der Waals surface area (Å²) in [7, 11) is 0. The van der Waals surface area contributed by atoms with Crippen LogP contribution in [0.4, 0.5) is 0 Å². The Bertz CT molecular complexity index is 601. The number of hydrogen-bond acceptors (Lipinski definition) is 1. The topological polar surface area (TPSA) is 29.1 Å². The van der Waals surface area contributed by atoms with Gasteiger partial charge in [0, 0.05) is 12.1 Å². The van der Waals surface area contributed by atoms with E-state index in [0.29, 0.717) is 22.2 Å². The van der Waals surface area contributed by atoms with Gasteiger partial charge < -0.3 is 5.32 Å². The molecular weight excluding hydrogens is 317 g/mol. The Kier molecular flexibility index (Phi) is 5.30. The summed E-state index contributed by atoms with van der Waals surface area (Å²) in [5.41, 5.74) is 1.42. The minimum Gasteiger partial charge on any atom is -0.350 e. The highest BCUT2D eigenvalue weighted by Gasteiger charge is 2.11. The number of rotatable bonds is 4.